The quantitative estimate of drug-likeness (QED) is 0.143. The van der Waals surface area contributed by atoms with Crippen molar-refractivity contribution in [1.82, 2.24) is 0 Å². The summed E-state index contributed by atoms with van der Waals surface area (Å²) in [5.41, 5.74) is 0. The second-order valence-corrected chi connectivity index (χ2v) is 8.78. The first-order valence-electron chi connectivity index (χ1n) is 11.4. The Morgan fingerprint density at radius 2 is 1.43 bits per heavy atom. The summed E-state index contributed by atoms with van der Waals surface area (Å²) in [5, 5.41) is 10.9. The number of carbonyl (C=O) groups excluding carboxylic acids is 2. The Bertz CT molecular complexity index is 544. The summed E-state index contributed by atoms with van der Waals surface area (Å²) in [5.74, 6) is -1.53. The second kappa shape index (κ2) is 17.9. The number of carboxylic acids is 1. The number of hydrogen-bond donors (Lipinski definition) is 0. The molecule has 0 N–H and O–H groups in total. The molecule has 5 nitrogen and oxygen atoms in total. The molecule has 0 aromatic rings. The molecule has 0 saturated heterocycles. The Balaban J connectivity index is 3.84. The van der Waals surface area contributed by atoms with Gasteiger partial charge in [-0.05, 0) is 44.9 Å². The monoisotopic (exact) mass is 421 g/mol. The fourth-order valence-electron chi connectivity index (χ4n) is 3.00. The highest BCUT2D eigenvalue weighted by molar-refractivity contribution is 5.70. The molecule has 30 heavy (non-hydrogen) atoms. The SMILES string of the molecule is CCCCC/C=C/C/C=C/CC/C=C/CCCC(=O)OC(CC(=O)[O-])C[N+](C)(C)C. The van der Waals surface area contributed by atoms with Gasteiger partial charge in [0.05, 0.1) is 21.1 Å². The zero-order valence-corrected chi connectivity index (χ0v) is 19.6. The number of allylic oxidation sites excluding steroid dienone is 6. The molecule has 0 radical (unpaired) electrons. The molecular formula is C25H43NO4. The van der Waals surface area contributed by atoms with E-state index in [9.17, 15) is 14.7 Å². The van der Waals surface area contributed by atoms with Gasteiger partial charge in [0.25, 0.3) is 0 Å². The Hall–Kier alpha value is -1.88. The number of nitrogens with zero attached hydrogens (tertiary/aromatic N) is 1. The smallest absolute Gasteiger partial charge is 0.306 e. The van der Waals surface area contributed by atoms with E-state index in [0.717, 1.165) is 25.7 Å². The van der Waals surface area contributed by atoms with Crippen LogP contribution in [-0.2, 0) is 14.3 Å². The van der Waals surface area contributed by atoms with Gasteiger partial charge in [-0.15, -0.1) is 0 Å². The van der Waals surface area contributed by atoms with Crippen molar-refractivity contribution < 1.29 is 23.9 Å². The van der Waals surface area contributed by atoms with Crippen molar-refractivity contribution in [3.8, 4) is 0 Å². The third kappa shape index (κ3) is 20.8. The van der Waals surface area contributed by atoms with Gasteiger partial charge in [-0.1, -0.05) is 56.2 Å². The lowest BCUT2D eigenvalue weighted by Crippen LogP contribution is -2.45. The number of carboxylic acid groups (broad SMARTS) is 1. The van der Waals surface area contributed by atoms with Gasteiger partial charge < -0.3 is 19.1 Å². The molecule has 0 heterocycles. The molecule has 0 rings (SSSR count). The number of esters is 1. The molecule has 0 aromatic carbocycles. The van der Waals surface area contributed by atoms with E-state index in [1.54, 1.807) is 0 Å². The van der Waals surface area contributed by atoms with Crippen LogP contribution in [0.4, 0.5) is 0 Å². The summed E-state index contributed by atoms with van der Waals surface area (Å²) in [7, 11) is 5.80. The van der Waals surface area contributed by atoms with Crippen molar-refractivity contribution >= 4 is 11.9 Å². The maximum absolute atomic E-state index is 12.0. The molecule has 0 saturated carbocycles. The fraction of sp³-hybridized carbons (Fsp3) is 0.680. The first kappa shape index (κ1) is 28.1. The summed E-state index contributed by atoms with van der Waals surface area (Å²) in [6.45, 7) is 2.67. The average Bonchev–Trinajstić information content (AvgIpc) is 2.63. The molecule has 0 bridgehead atoms. The van der Waals surface area contributed by atoms with E-state index in [2.05, 4.69) is 43.4 Å². The molecule has 0 aliphatic carbocycles. The van der Waals surface area contributed by atoms with Crippen LogP contribution in [0, 0.1) is 0 Å². The van der Waals surface area contributed by atoms with Crippen molar-refractivity contribution in [3.05, 3.63) is 36.5 Å². The Morgan fingerprint density at radius 1 is 0.867 bits per heavy atom. The Kier molecular flexibility index (Phi) is 16.8. The molecule has 0 amide bonds. The van der Waals surface area contributed by atoms with Gasteiger partial charge in [-0.25, -0.2) is 0 Å². The first-order chi connectivity index (χ1) is 14.2. The maximum atomic E-state index is 12.0. The Morgan fingerprint density at radius 3 is 2.03 bits per heavy atom. The molecule has 0 aliphatic rings. The number of likely N-dealkylation sites (N-methyl/N-ethyl adjacent to an activating group) is 1. The topological polar surface area (TPSA) is 66.4 Å². The molecule has 1 unspecified atom stereocenters. The van der Waals surface area contributed by atoms with Crippen LogP contribution in [0.2, 0.25) is 0 Å². The van der Waals surface area contributed by atoms with Crippen molar-refractivity contribution in [2.45, 2.75) is 83.7 Å². The predicted octanol–water partition coefficient (Wildman–Crippen LogP) is 4.33. The van der Waals surface area contributed by atoms with E-state index < -0.39 is 12.1 Å². The molecule has 172 valence electrons. The highest BCUT2D eigenvalue weighted by atomic mass is 16.5. The summed E-state index contributed by atoms with van der Waals surface area (Å²) in [6.07, 6.45) is 22.2. The van der Waals surface area contributed by atoms with Gasteiger partial charge in [-0.3, -0.25) is 4.79 Å². The zero-order valence-electron chi connectivity index (χ0n) is 19.6. The van der Waals surface area contributed by atoms with Gasteiger partial charge in [-0.2, -0.15) is 0 Å². The predicted molar refractivity (Wildman–Crippen MR) is 122 cm³/mol. The largest absolute Gasteiger partial charge is 0.550 e. The number of rotatable bonds is 18. The molecular weight excluding hydrogens is 378 g/mol. The van der Waals surface area contributed by atoms with Crippen LogP contribution in [-0.4, -0.2) is 50.2 Å². The van der Waals surface area contributed by atoms with Gasteiger partial charge in [0.15, 0.2) is 6.10 Å². The van der Waals surface area contributed by atoms with Crippen molar-refractivity contribution in [2.24, 2.45) is 0 Å². The molecule has 0 aromatic heterocycles. The molecule has 5 heteroatoms. The van der Waals surface area contributed by atoms with Crippen LogP contribution in [0.25, 0.3) is 0 Å². The molecule has 1 atom stereocenters. The van der Waals surface area contributed by atoms with Gasteiger partial charge in [0.1, 0.15) is 6.54 Å². The van der Waals surface area contributed by atoms with Crippen LogP contribution in [0.3, 0.4) is 0 Å². The molecule has 0 spiro atoms. The Labute approximate surface area is 184 Å². The van der Waals surface area contributed by atoms with E-state index >= 15 is 0 Å². The van der Waals surface area contributed by atoms with Crippen LogP contribution in [0.1, 0.15) is 77.6 Å². The maximum Gasteiger partial charge on any atom is 0.306 e. The van der Waals surface area contributed by atoms with Crippen molar-refractivity contribution in [2.75, 3.05) is 27.7 Å². The van der Waals surface area contributed by atoms with E-state index in [1.807, 2.05) is 21.1 Å². The minimum Gasteiger partial charge on any atom is -0.550 e. The van der Waals surface area contributed by atoms with Gasteiger partial charge in [0.2, 0.25) is 0 Å². The third-order valence-electron chi connectivity index (χ3n) is 4.44. The number of quaternary nitrogens is 1. The summed E-state index contributed by atoms with van der Waals surface area (Å²) >= 11 is 0. The standard InChI is InChI=1S/C25H43NO4/c1-5-6-7-8-9-10-11-12-13-14-15-16-17-18-19-20-25(29)30-23(21-24(27)28)22-26(2,3)4/h9-10,12-13,16-17,23H,5-8,11,14-15,18-22H2,1-4H3/b10-9+,13-12+,17-16+. The summed E-state index contributed by atoms with van der Waals surface area (Å²) in [4.78, 5) is 22.8. The number of hydrogen-bond acceptors (Lipinski definition) is 4. The molecule has 0 aliphatic heterocycles. The fourth-order valence-corrected chi connectivity index (χ4v) is 3.00. The molecule has 0 fully saturated rings. The number of carbonyl (C=O) groups is 2. The third-order valence-corrected chi connectivity index (χ3v) is 4.44. The number of ether oxygens (including phenoxy) is 1. The van der Waals surface area contributed by atoms with E-state index in [0.29, 0.717) is 23.9 Å². The van der Waals surface area contributed by atoms with E-state index in [1.165, 1.54) is 25.7 Å². The van der Waals surface area contributed by atoms with Crippen LogP contribution >= 0.6 is 0 Å². The highest BCUT2D eigenvalue weighted by Gasteiger charge is 2.22. The lowest BCUT2D eigenvalue weighted by Gasteiger charge is -2.29. The minimum atomic E-state index is -1.19. The summed E-state index contributed by atoms with van der Waals surface area (Å²) in [6, 6.07) is 0. The lowest BCUT2D eigenvalue weighted by molar-refractivity contribution is -0.873. The van der Waals surface area contributed by atoms with Gasteiger partial charge in [0, 0.05) is 18.8 Å². The summed E-state index contributed by atoms with van der Waals surface area (Å²) < 4.78 is 5.87. The first-order valence-corrected chi connectivity index (χ1v) is 11.4. The normalized spacial score (nSPS) is 13.5. The highest BCUT2D eigenvalue weighted by Crippen LogP contribution is 2.08. The number of unbranched alkanes of at least 4 members (excludes halogenated alkanes) is 5. The number of aliphatic carboxylic acids is 1. The van der Waals surface area contributed by atoms with E-state index in [-0.39, 0.29) is 12.4 Å². The van der Waals surface area contributed by atoms with Crippen LogP contribution in [0.15, 0.2) is 36.5 Å². The zero-order chi connectivity index (χ0) is 22.7. The lowest BCUT2D eigenvalue weighted by atomic mass is 10.2. The van der Waals surface area contributed by atoms with Crippen LogP contribution < -0.4 is 5.11 Å². The average molecular weight is 422 g/mol. The van der Waals surface area contributed by atoms with Crippen molar-refractivity contribution in [1.29, 1.82) is 0 Å². The van der Waals surface area contributed by atoms with E-state index in [4.69, 9.17) is 4.74 Å². The minimum absolute atomic E-state index is 0.261. The second-order valence-electron chi connectivity index (χ2n) is 8.78. The van der Waals surface area contributed by atoms with Crippen LogP contribution in [0.5, 0.6) is 0 Å². The van der Waals surface area contributed by atoms with Gasteiger partial charge >= 0.3 is 5.97 Å². The van der Waals surface area contributed by atoms with Crippen molar-refractivity contribution in [3.63, 3.8) is 0 Å².